The van der Waals surface area contributed by atoms with Crippen LogP contribution < -0.4 is 10.6 Å². The highest BCUT2D eigenvalue weighted by Crippen LogP contribution is 2.32. The van der Waals surface area contributed by atoms with E-state index >= 15 is 0 Å². The van der Waals surface area contributed by atoms with E-state index in [2.05, 4.69) is 35.9 Å². The van der Waals surface area contributed by atoms with Crippen LogP contribution in [-0.4, -0.2) is 36.4 Å². The molecule has 0 aliphatic rings. The van der Waals surface area contributed by atoms with Crippen LogP contribution in [0.5, 0.6) is 0 Å². The molecule has 2 amide bonds. The topological polar surface area (TPSA) is 58.2 Å². The highest BCUT2D eigenvalue weighted by atomic mass is 32.2. The molecular weight excluding hydrogens is 429 g/mol. The van der Waals surface area contributed by atoms with Crippen molar-refractivity contribution in [1.82, 2.24) is 10.6 Å². The fourth-order valence-electron chi connectivity index (χ4n) is 2.13. The van der Waals surface area contributed by atoms with Crippen molar-refractivity contribution in [3.8, 4) is 0 Å². The first-order chi connectivity index (χ1) is 13.6. The molecule has 8 heteroatoms. The van der Waals surface area contributed by atoms with Gasteiger partial charge in [-0.15, -0.1) is 48.8 Å². The molecule has 0 aliphatic heterocycles. The smallest absolute Gasteiger partial charge is 0.251 e. The van der Waals surface area contributed by atoms with Gasteiger partial charge in [-0.2, -0.15) is 0 Å². The van der Waals surface area contributed by atoms with Crippen molar-refractivity contribution in [2.75, 3.05) is 24.6 Å². The quantitative estimate of drug-likeness (QED) is 0.322. The van der Waals surface area contributed by atoms with Crippen molar-refractivity contribution in [1.29, 1.82) is 0 Å². The molecule has 2 aromatic carbocycles. The number of hydrogen-bond acceptors (Lipinski definition) is 6. The van der Waals surface area contributed by atoms with E-state index in [0.717, 1.165) is 8.47 Å². The zero-order valence-corrected chi connectivity index (χ0v) is 18.6. The fourth-order valence-corrected chi connectivity index (χ4v) is 4.46. The van der Waals surface area contributed by atoms with E-state index in [1.807, 2.05) is 36.4 Å². The van der Waals surface area contributed by atoms with Gasteiger partial charge in [0, 0.05) is 35.7 Å². The molecule has 0 fully saturated rings. The molecule has 0 aliphatic carbocycles. The minimum atomic E-state index is -0.0828. The third kappa shape index (κ3) is 8.26. The molecular formula is C20H22N2O2S4. The van der Waals surface area contributed by atoms with E-state index in [4.69, 9.17) is 0 Å². The van der Waals surface area contributed by atoms with Gasteiger partial charge in [0.05, 0.1) is 8.47 Å². The van der Waals surface area contributed by atoms with Gasteiger partial charge in [-0.3, -0.25) is 9.59 Å². The lowest BCUT2D eigenvalue weighted by Gasteiger charge is -2.08. The SMILES string of the molecule is O=C(NCCS/C(S)=C(/S)SCCNC(=O)c1ccccc1)c1ccccc1. The number of amides is 2. The molecule has 0 saturated carbocycles. The van der Waals surface area contributed by atoms with Crippen LogP contribution in [-0.2, 0) is 0 Å². The summed E-state index contributed by atoms with van der Waals surface area (Å²) >= 11 is 12.0. The average Bonchev–Trinajstić information content (AvgIpc) is 2.74. The summed E-state index contributed by atoms with van der Waals surface area (Å²) in [5, 5.41) is 5.76. The summed E-state index contributed by atoms with van der Waals surface area (Å²) in [5.74, 6) is 1.24. The van der Waals surface area contributed by atoms with Gasteiger partial charge < -0.3 is 10.6 Å². The molecule has 0 heterocycles. The average molecular weight is 451 g/mol. The lowest BCUT2D eigenvalue weighted by Crippen LogP contribution is -2.25. The summed E-state index contributed by atoms with van der Waals surface area (Å²) in [4.78, 5) is 23.9. The van der Waals surface area contributed by atoms with Gasteiger partial charge in [-0.05, 0) is 24.3 Å². The van der Waals surface area contributed by atoms with Crippen LogP contribution in [0.25, 0.3) is 0 Å². The van der Waals surface area contributed by atoms with Gasteiger partial charge in [0.2, 0.25) is 0 Å². The van der Waals surface area contributed by atoms with Crippen molar-refractivity contribution >= 4 is 60.6 Å². The first-order valence-electron chi connectivity index (χ1n) is 8.62. The second-order valence-electron chi connectivity index (χ2n) is 5.55. The van der Waals surface area contributed by atoms with Crippen molar-refractivity contribution in [2.24, 2.45) is 0 Å². The third-order valence-corrected chi connectivity index (χ3v) is 7.11. The van der Waals surface area contributed by atoms with Crippen molar-refractivity contribution in [3.05, 3.63) is 80.3 Å². The van der Waals surface area contributed by atoms with Gasteiger partial charge in [0.15, 0.2) is 0 Å². The van der Waals surface area contributed by atoms with E-state index < -0.39 is 0 Å². The Morgan fingerprint density at radius 1 is 0.679 bits per heavy atom. The van der Waals surface area contributed by atoms with Gasteiger partial charge >= 0.3 is 0 Å². The molecule has 4 nitrogen and oxygen atoms in total. The molecule has 2 aromatic rings. The first-order valence-corrected chi connectivity index (χ1v) is 11.5. The highest BCUT2D eigenvalue weighted by molar-refractivity contribution is 8.21. The van der Waals surface area contributed by atoms with Crippen LogP contribution in [0.1, 0.15) is 20.7 Å². The molecule has 2 rings (SSSR count). The van der Waals surface area contributed by atoms with Crippen molar-refractivity contribution < 1.29 is 9.59 Å². The summed E-state index contributed by atoms with van der Waals surface area (Å²) < 4.78 is 1.60. The number of carbonyl (C=O) groups excluding carboxylic acids is 2. The van der Waals surface area contributed by atoms with Gasteiger partial charge in [0.25, 0.3) is 11.8 Å². The Labute approximate surface area is 185 Å². The number of nitrogens with one attached hydrogen (secondary N) is 2. The predicted molar refractivity (Wildman–Crippen MR) is 127 cm³/mol. The molecule has 28 heavy (non-hydrogen) atoms. The molecule has 0 spiro atoms. The second-order valence-corrected chi connectivity index (χ2v) is 9.26. The highest BCUT2D eigenvalue weighted by Gasteiger charge is 2.06. The normalized spacial score (nSPS) is 11.5. The van der Waals surface area contributed by atoms with Crippen LogP contribution in [0, 0.1) is 0 Å². The number of carbonyl (C=O) groups is 2. The maximum absolute atomic E-state index is 11.9. The van der Waals surface area contributed by atoms with Gasteiger partial charge in [0.1, 0.15) is 0 Å². The van der Waals surface area contributed by atoms with Crippen molar-refractivity contribution in [3.63, 3.8) is 0 Å². The Balaban J connectivity index is 1.62. The number of hydrogen-bond donors (Lipinski definition) is 4. The molecule has 0 radical (unpaired) electrons. The molecule has 0 aromatic heterocycles. The Hall–Kier alpha value is -1.48. The fraction of sp³-hybridized carbons (Fsp3) is 0.200. The minimum absolute atomic E-state index is 0.0828. The molecule has 0 bridgehead atoms. The van der Waals surface area contributed by atoms with E-state index in [0.29, 0.717) is 35.7 Å². The van der Waals surface area contributed by atoms with Crippen LogP contribution in [0.4, 0.5) is 0 Å². The third-order valence-electron chi connectivity index (χ3n) is 3.51. The van der Waals surface area contributed by atoms with E-state index in [-0.39, 0.29) is 11.8 Å². The summed E-state index contributed by atoms with van der Waals surface area (Å²) in [7, 11) is 0. The maximum atomic E-state index is 11.9. The van der Waals surface area contributed by atoms with Gasteiger partial charge in [-0.1, -0.05) is 36.4 Å². The Morgan fingerprint density at radius 2 is 1.04 bits per heavy atom. The summed E-state index contributed by atoms with van der Waals surface area (Å²) in [6.45, 7) is 1.09. The van der Waals surface area contributed by atoms with E-state index in [1.54, 1.807) is 24.3 Å². The number of thioether (sulfide) groups is 2. The standard InChI is InChI=1S/C20H22N2O2S4/c23-17(15-7-3-1-4-8-15)21-11-13-27-19(25)20(26)28-14-12-22-18(24)16-9-5-2-6-10-16/h1-10,25-26H,11-14H2,(H,21,23)(H,22,24)/b20-19-. The second kappa shape index (κ2) is 12.9. The number of thiol groups is 2. The van der Waals surface area contributed by atoms with Crippen LogP contribution in [0.2, 0.25) is 0 Å². The largest absolute Gasteiger partial charge is 0.351 e. The Morgan fingerprint density at radius 3 is 1.39 bits per heavy atom. The van der Waals surface area contributed by atoms with Gasteiger partial charge in [-0.25, -0.2) is 0 Å². The van der Waals surface area contributed by atoms with Crippen molar-refractivity contribution in [2.45, 2.75) is 0 Å². The summed E-state index contributed by atoms with van der Waals surface area (Å²) in [6, 6.07) is 18.2. The minimum Gasteiger partial charge on any atom is -0.351 e. The predicted octanol–water partition coefficient (Wildman–Crippen LogP) is 4.30. The number of rotatable bonds is 10. The summed E-state index contributed by atoms with van der Waals surface area (Å²) in [6.07, 6.45) is 0. The molecule has 2 N–H and O–H groups in total. The maximum Gasteiger partial charge on any atom is 0.251 e. The van der Waals surface area contributed by atoms with E-state index in [1.165, 1.54) is 23.5 Å². The molecule has 148 valence electrons. The zero-order valence-electron chi connectivity index (χ0n) is 15.1. The monoisotopic (exact) mass is 450 g/mol. The lowest BCUT2D eigenvalue weighted by atomic mass is 10.2. The molecule has 0 atom stereocenters. The zero-order chi connectivity index (χ0) is 20.2. The summed E-state index contributed by atoms with van der Waals surface area (Å²) in [5.41, 5.74) is 1.30. The van der Waals surface area contributed by atoms with Crippen LogP contribution in [0.15, 0.2) is 69.1 Å². The van der Waals surface area contributed by atoms with E-state index in [9.17, 15) is 9.59 Å². The Bertz CT molecular complexity index is 731. The number of benzene rings is 2. The Kier molecular flexibility index (Phi) is 10.5. The lowest BCUT2D eigenvalue weighted by molar-refractivity contribution is 0.0948. The van der Waals surface area contributed by atoms with Crippen LogP contribution in [0.3, 0.4) is 0 Å². The molecule has 0 saturated heterocycles. The first kappa shape index (κ1) is 22.8. The van der Waals surface area contributed by atoms with Crippen LogP contribution >= 0.6 is 48.8 Å². The molecule has 0 unspecified atom stereocenters.